The first-order valence-electron chi connectivity index (χ1n) is 3.65. The van der Waals surface area contributed by atoms with Crippen molar-refractivity contribution in [2.45, 2.75) is 0 Å². The molecular weight excluding hydrogens is 281 g/mol. The number of aromatic nitrogens is 2. The van der Waals surface area contributed by atoms with E-state index in [2.05, 4.69) is 38.1 Å². The summed E-state index contributed by atoms with van der Waals surface area (Å²) in [5.74, 6) is 0. The summed E-state index contributed by atoms with van der Waals surface area (Å²) in [6.45, 7) is 0. The molecule has 0 aliphatic carbocycles. The summed E-state index contributed by atoms with van der Waals surface area (Å²) in [7, 11) is 0. The second kappa shape index (κ2) is 3.33. The SMILES string of the molecule is O=CNc1ccc2c(I)[nH]nc2c1. The number of anilines is 1. The molecule has 0 fully saturated rings. The standard InChI is InChI=1S/C8H6IN3O/c9-8-6-2-1-5(10-4-13)3-7(6)11-12-8/h1-4H,(H,10,13)(H,11,12). The second-order valence-corrected chi connectivity index (χ2v) is 3.61. The first-order valence-corrected chi connectivity index (χ1v) is 4.73. The predicted octanol–water partition coefficient (Wildman–Crippen LogP) is 1.74. The summed E-state index contributed by atoms with van der Waals surface area (Å²) in [4.78, 5) is 10.2. The van der Waals surface area contributed by atoms with Gasteiger partial charge in [0.1, 0.15) is 3.70 Å². The van der Waals surface area contributed by atoms with Gasteiger partial charge in [-0.25, -0.2) is 0 Å². The molecule has 1 heterocycles. The van der Waals surface area contributed by atoms with Crippen molar-refractivity contribution < 1.29 is 4.79 Å². The molecule has 5 heteroatoms. The molecule has 2 rings (SSSR count). The van der Waals surface area contributed by atoms with E-state index in [4.69, 9.17) is 0 Å². The number of nitrogens with zero attached hydrogens (tertiary/aromatic N) is 1. The van der Waals surface area contributed by atoms with Gasteiger partial charge in [-0.05, 0) is 40.8 Å². The van der Waals surface area contributed by atoms with Gasteiger partial charge in [0.2, 0.25) is 6.41 Å². The van der Waals surface area contributed by atoms with Gasteiger partial charge in [0.05, 0.1) is 5.52 Å². The number of hydrogen-bond donors (Lipinski definition) is 2. The molecule has 66 valence electrons. The minimum absolute atomic E-state index is 0.652. The Balaban J connectivity index is 2.56. The van der Waals surface area contributed by atoms with Crippen molar-refractivity contribution >= 4 is 45.6 Å². The third kappa shape index (κ3) is 1.51. The molecule has 0 spiro atoms. The van der Waals surface area contributed by atoms with Crippen LogP contribution < -0.4 is 5.32 Å². The zero-order chi connectivity index (χ0) is 9.26. The zero-order valence-corrected chi connectivity index (χ0v) is 8.70. The maximum Gasteiger partial charge on any atom is 0.211 e. The molecule has 0 bridgehead atoms. The van der Waals surface area contributed by atoms with E-state index < -0.39 is 0 Å². The van der Waals surface area contributed by atoms with Gasteiger partial charge in [0.15, 0.2) is 0 Å². The fourth-order valence-electron chi connectivity index (χ4n) is 1.14. The van der Waals surface area contributed by atoms with Crippen molar-refractivity contribution in [3.05, 3.63) is 21.9 Å². The van der Waals surface area contributed by atoms with Gasteiger partial charge in [-0.2, -0.15) is 5.10 Å². The molecule has 13 heavy (non-hydrogen) atoms. The second-order valence-electron chi connectivity index (χ2n) is 2.53. The lowest BCUT2D eigenvalue weighted by molar-refractivity contribution is -0.105. The number of H-pyrrole nitrogens is 1. The fourth-order valence-corrected chi connectivity index (χ4v) is 1.71. The van der Waals surface area contributed by atoms with Crippen molar-refractivity contribution in [2.75, 3.05) is 5.32 Å². The van der Waals surface area contributed by atoms with Crippen LogP contribution in [0.15, 0.2) is 18.2 Å². The van der Waals surface area contributed by atoms with Crippen molar-refractivity contribution in [1.82, 2.24) is 10.2 Å². The molecule has 4 nitrogen and oxygen atoms in total. The van der Waals surface area contributed by atoms with Crippen molar-refractivity contribution in [2.24, 2.45) is 0 Å². The molecule has 0 saturated heterocycles. The third-order valence-corrected chi connectivity index (χ3v) is 2.56. The number of nitrogens with one attached hydrogen (secondary N) is 2. The molecule has 0 aliphatic heterocycles. The highest BCUT2D eigenvalue weighted by molar-refractivity contribution is 14.1. The average Bonchev–Trinajstić information content (AvgIpc) is 2.48. The number of benzene rings is 1. The zero-order valence-electron chi connectivity index (χ0n) is 6.54. The third-order valence-electron chi connectivity index (χ3n) is 1.73. The topological polar surface area (TPSA) is 57.8 Å². The van der Waals surface area contributed by atoms with Gasteiger partial charge in [0.25, 0.3) is 0 Å². The van der Waals surface area contributed by atoms with Crippen LogP contribution >= 0.6 is 22.6 Å². The van der Waals surface area contributed by atoms with E-state index in [1.54, 1.807) is 0 Å². The lowest BCUT2D eigenvalue weighted by Crippen LogP contribution is -1.92. The van der Waals surface area contributed by atoms with E-state index in [0.717, 1.165) is 20.3 Å². The molecular formula is C8H6IN3O. The molecule has 0 unspecified atom stereocenters. The van der Waals surface area contributed by atoms with Gasteiger partial charge in [0, 0.05) is 11.1 Å². The number of aromatic amines is 1. The van der Waals surface area contributed by atoms with Crippen molar-refractivity contribution in [3.63, 3.8) is 0 Å². The Morgan fingerprint density at radius 1 is 1.54 bits per heavy atom. The van der Waals surface area contributed by atoms with Crippen LogP contribution in [-0.2, 0) is 4.79 Å². The predicted molar refractivity (Wildman–Crippen MR) is 58.5 cm³/mol. The Labute approximate surface area is 87.8 Å². The summed E-state index contributed by atoms with van der Waals surface area (Å²) in [5, 5.41) is 10.6. The average molecular weight is 287 g/mol. The van der Waals surface area contributed by atoms with Crippen molar-refractivity contribution in [1.29, 1.82) is 0 Å². The van der Waals surface area contributed by atoms with E-state index in [9.17, 15) is 4.79 Å². The van der Waals surface area contributed by atoms with Crippen LogP contribution in [0.3, 0.4) is 0 Å². The van der Waals surface area contributed by atoms with Gasteiger partial charge >= 0.3 is 0 Å². The Bertz CT molecular complexity index is 452. The van der Waals surface area contributed by atoms with E-state index in [1.165, 1.54) is 0 Å². The first kappa shape index (κ1) is 8.49. The largest absolute Gasteiger partial charge is 0.329 e. The Morgan fingerprint density at radius 3 is 3.15 bits per heavy atom. The number of fused-ring (bicyclic) bond motifs is 1. The number of carbonyl (C=O) groups is 1. The lowest BCUT2D eigenvalue weighted by Gasteiger charge is -1.96. The normalized spacial score (nSPS) is 10.2. The lowest BCUT2D eigenvalue weighted by atomic mass is 10.2. The minimum Gasteiger partial charge on any atom is -0.329 e. The van der Waals surface area contributed by atoms with Crippen molar-refractivity contribution in [3.8, 4) is 0 Å². The number of amides is 1. The van der Waals surface area contributed by atoms with E-state index in [1.807, 2.05) is 18.2 Å². The van der Waals surface area contributed by atoms with E-state index >= 15 is 0 Å². The van der Waals surface area contributed by atoms with Gasteiger partial charge in [-0.1, -0.05) is 0 Å². The van der Waals surface area contributed by atoms with Crippen LogP contribution in [0.4, 0.5) is 5.69 Å². The smallest absolute Gasteiger partial charge is 0.211 e. The highest BCUT2D eigenvalue weighted by Crippen LogP contribution is 2.20. The summed E-state index contributed by atoms with van der Waals surface area (Å²) in [5.41, 5.74) is 1.61. The van der Waals surface area contributed by atoms with Crippen LogP contribution in [0.2, 0.25) is 0 Å². The van der Waals surface area contributed by atoms with Crippen LogP contribution in [-0.4, -0.2) is 16.6 Å². The maximum absolute atomic E-state index is 10.2. The molecule has 1 aromatic heterocycles. The Kier molecular flexibility index (Phi) is 2.17. The summed E-state index contributed by atoms with van der Waals surface area (Å²) < 4.78 is 1.00. The molecule has 2 N–H and O–H groups in total. The number of rotatable bonds is 2. The summed E-state index contributed by atoms with van der Waals surface area (Å²) in [6.07, 6.45) is 0.652. The number of carbonyl (C=O) groups excluding carboxylic acids is 1. The Hall–Kier alpha value is -1.11. The molecule has 0 aliphatic rings. The van der Waals surface area contributed by atoms with Gasteiger partial charge in [-0.15, -0.1) is 0 Å². The van der Waals surface area contributed by atoms with Crippen LogP contribution in [0, 0.1) is 3.70 Å². The highest BCUT2D eigenvalue weighted by atomic mass is 127. The number of halogens is 1. The Morgan fingerprint density at radius 2 is 2.38 bits per heavy atom. The minimum atomic E-state index is 0.652. The van der Waals surface area contributed by atoms with E-state index in [0.29, 0.717) is 6.41 Å². The highest BCUT2D eigenvalue weighted by Gasteiger charge is 2.02. The molecule has 1 amide bonds. The quantitative estimate of drug-likeness (QED) is 0.653. The van der Waals surface area contributed by atoms with Gasteiger partial charge < -0.3 is 5.32 Å². The van der Waals surface area contributed by atoms with Gasteiger partial charge in [-0.3, -0.25) is 9.89 Å². The molecule has 1 aromatic carbocycles. The molecule has 0 saturated carbocycles. The van der Waals surface area contributed by atoms with Crippen LogP contribution in [0.25, 0.3) is 10.9 Å². The monoisotopic (exact) mass is 287 g/mol. The summed E-state index contributed by atoms with van der Waals surface area (Å²) in [6, 6.07) is 5.59. The molecule has 2 aromatic rings. The fraction of sp³-hybridized carbons (Fsp3) is 0. The summed E-state index contributed by atoms with van der Waals surface area (Å²) >= 11 is 2.18. The molecule has 0 radical (unpaired) electrons. The first-order chi connectivity index (χ1) is 6.31. The van der Waals surface area contributed by atoms with Crippen LogP contribution in [0.1, 0.15) is 0 Å². The van der Waals surface area contributed by atoms with E-state index in [-0.39, 0.29) is 0 Å². The molecule has 0 atom stereocenters. The maximum atomic E-state index is 10.2. The van der Waals surface area contributed by atoms with Crippen LogP contribution in [0.5, 0.6) is 0 Å². The number of hydrogen-bond acceptors (Lipinski definition) is 2.